The predicted octanol–water partition coefficient (Wildman–Crippen LogP) is 5.59. The van der Waals surface area contributed by atoms with Gasteiger partial charge in [0.05, 0.1) is 10.0 Å². The highest BCUT2D eigenvalue weighted by Crippen LogP contribution is 2.36. The van der Waals surface area contributed by atoms with Crippen molar-refractivity contribution in [1.29, 1.82) is 0 Å². The minimum absolute atomic E-state index is 0.115. The molecule has 2 rings (SSSR count). The molecule has 0 atom stereocenters. The van der Waals surface area contributed by atoms with Crippen LogP contribution in [0.3, 0.4) is 0 Å². The van der Waals surface area contributed by atoms with Gasteiger partial charge in [-0.15, -0.1) is 0 Å². The van der Waals surface area contributed by atoms with Gasteiger partial charge in [0.15, 0.2) is 5.82 Å². The van der Waals surface area contributed by atoms with E-state index in [1.54, 1.807) is 18.2 Å². The number of halogens is 5. The van der Waals surface area contributed by atoms with Crippen LogP contribution in [-0.4, -0.2) is 0 Å². The van der Waals surface area contributed by atoms with Crippen molar-refractivity contribution in [2.75, 3.05) is 0 Å². The predicted molar refractivity (Wildman–Crippen MR) is 66.8 cm³/mol. The van der Waals surface area contributed by atoms with Gasteiger partial charge in [0.25, 0.3) is 0 Å². The second-order valence-electron chi connectivity index (χ2n) is 3.32. The van der Waals surface area contributed by atoms with E-state index in [1.807, 2.05) is 0 Å². The first-order valence-corrected chi connectivity index (χ1v) is 5.73. The normalized spacial score (nSPS) is 10.6. The van der Waals surface area contributed by atoms with E-state index in [4.69, 9.17) is 34.8 Å². The van der Waals surface area contributed by atoms with Crippen molar-refractivity contribution in [3.05, 3.63) is 57.0 Å². The molecule has 0 fully saturated rings. The Labute approximate surface area is 112 Å². The molecule has 0 heterocycles. The van der Waals surface area contributed by atoms with Crippen LogP contribution in [-0.2, 0) is 0 Å². The SMILES string of the molecule is Fc1ccc(-c2cccc(Cl)c2Cl)c(F)c1Cl. The second-order valence-corrected chi connectivity index (χ2v) is 4.49. The van der Waals surface area contributed by atoms with E-state index >= 15 is 0 Å². The Morgan fingerprint density at radius 2 is 1.47 bits per heavy atom. The summed E-state index contributed by atoms with van der Waals surface area (Å²) in [5.41, 5.74) is 0.488. The Morgan fingerprint density at radius 1 is 0.765 bits per heavy atom. The molecule has 0 unspecified atom stereocenters. The lowest BCUT2D eigenvalue weighted by Gasteiger charge is -2.08. The monoisotopic (exact) mass is 292 g/mol. The first kappa shape index (κ1) is 12.6. The molecular formula is C12H5Cl3F2. The molecule has 0 saturated heterocycles. The Morgan fingerprint density at radius 3 is 2.18 bits per heavy atom. The van der Waals surface area contributed by atoms with E-state index in [-0.39, 0.29) is 10.6 Å². The number of hydrogen-bond acceptors (Lipinski definition) is 0. The lowest BCUT2D eigenvalue weighted by Crippen LogP contribution is -1.90. The lowest BCUT2D eigenvalue weighted by molar-refractivity contribution is 0.586. The van der Waals surface area contributed by atoms with Crippen molar-refractivity contribution in [3.63, 3.8) is 0 Å². The smallest absolute Gasteiger partial charge is 0.152 e. The van der Waals surface area contributed by atoms with E-state index in [0.29, 0.717) is 10.6 Å². The van der Waals surface area contributed by atoms with Crippen LogP contribution in [0.4, 0.5) is 8.78 Å². The summed E-state index contributed by atoms with van der Waals surface area (Å²) in [6, 6.07) is 7.14. The maximum absolute atomic E-state index is 13.8. The van der Waals surface area contributed by atoms with E-state index in [9.17, 15) is 8.78 Å². The van der Waals surface area contributed by atoms with Crippen molar-refractivity contribution < 1.29 is 8.78 Å². The van der Waals surface area contributed by atoms with E-state index in [1.165, 1.54) is 6.07 Å². The summed E-state index contributed by atoms with van der Waals surface area (Å²) in [5.74, 6) is -1.66. The van der Waals surface area contributed by atoms with Gasteiger partial charge in [0, 0.05) is 11.1 Å². The van der Waals surface area contributed by atoms with Crippen molar-refractivity contribution in [1.82, 2.24) is 0 Å². The zero-order valence-corrected chi connectivity index (χ0v) is 10.5. The van der Waals surface area contributed by atoms with Gasteiger partial charge in [0.2, 0.25) is 0 Å². The summed E-state index contributed by atoms with van der Waals surface area (Å²) in [6.07, 6.45) is 0. The van der Waals surface area contributed by atoms with Crippen LogP contribution in [0.25, 0.3) is 11.1 Å². The molecule has 0 spiro atoms. The molecule has 0 radical (unpaired) electrons. The second kappa shape index (κ2) is 4.81. The molecule has 0 bridgehead atoms. The Balaban J connectivity index is 2.69. The molecule has 0 aliphatic rings. The summed E-state index contributed by atoms with van der Waals surface area (Å²) >= 11 is 17.3. The zero-order valence-electron chi connectivity index (χ0n) is 8.28. The highest BCUT2D eigenvalue weighted by atomic mass is 35.5. The average molecular weight is 294 g/mol. The Bertz CT molecular complexity index is 582. The van der Waals surface area contributed by atoms with Crippen LogP contribution in [0.15, 0.2) is 30.3 Å². The van der Waals surface area contributed by atoms with Gasteiger partial charge in [-0.1, -0.05) is 46.9 Å². The third-order valence-electron chi connectivity index (χ3n) is 2.28. The Kier molecular flexibility index (Phi) is 3.57. The van der Waals surface area contributed by atoms with Crippen LogP contribution >= 0.6 is 34.8 Å². The largest absolute Gasteiger partial charge is 0.205 e. The van der Waals surface area contributed by atoms with Gasteiger partial charge in [0.1, 0.15) is 10.8 Å². The summed E-state index contributed by atoms with van der Waals surface area (Å²) in [5, 5.41) is -0.0571. The van der Waals surface area contributed by atoms with Crippen LogP contribution in [0, 0.1) is 11.6 Å². The molecule has 0 aliphatic heterocycles. The van der Waals surface area contributed by atoms with Crippen LogP contribution in [0.1, 0.15) is 0 Å². The molecule has 0 N–H and O–H groups in total. The van der Waals surface area contributed by atoms with Crippen molar-refractivity contribution in [3.8, 4) is 11.1 Å². The maximum Gasteiger partial charge on any atom is 0.152 e. The standard InChI is InChI=1S/C12H5Cl3F2/c13-8-3-1-2-6(10(8)14)7-4-5-9(16)11(15)12(7)17/h1-5H. The number of rotatable bonds is 1. The molecule has 0 aromatic heterocycles. The quantitative estimate of drug-likeness (QED) is 0.601. The van der Waals surface area contributed by atoms with Gasteiger partial charge in [-0.2, -0.15) is 0 Å². The summed E-state index contributed by atoms with van der Waals surface area (Å²) in [4.78, 5) is 0. The lowest BCUT2D eigenvalue weighted by atomic mass is 10.1. The van der Waals surface area contributed by atoms with Crippen LogP contribution in [0.2, 0.25) is 15.1 Å². The fourth-order valence-corrected chi connectivity index (χ4v) is 2.01. The van der Waals surface area contributed by atoms with Crippen LogP contribution < -0.4 is 0 Å². The zero-order chi connectivity index (χ0) is 12.6. The van der Waals surface area contributed by atoms with E-state index in [2.05, 4.69) is 0 Å². The number of hydrogen-bond donors (Lipinski definition) is 0. The van der Waals surface area contributed by atoms with E-state index in [0.717, 1.165) is 6.07 Å². The van der Waals surface area contributed by atoms with Crippen LogP contribution in [0.5, 0.6) is 0 Å². The van der Waals surface area contributed by atoms with Crippen molar-refractivity contribution in [2.45, 2.75) is 0 Å². The molecule has 88 valence electrons. The third-order valence-corrected chi connectivity index (χ3v) is 3.44. The van der Waals surface area contributed by atoms with Crippen molar-refractivity contribution >= 4 is 34.8 Å². The molecule has 0 saturated carbocycles. The fraction of sp³-hybridized carbons (Fsp3) is 0. The molecule has 5 heteroatoms. The van der Waals surface area contributed by atoms with Gasteiger partial charge in [-0.3, -0.25) is 0 Å². The summed E-state index contributed by atoms with van der Waals surface area (Å²) in [6.45, 7) is 0. The molecular weight excluding hydrogens is 288 g/mol. The van der Waals surface area contributed by atoms with E-state index < -0.39 is 16.7 Å². The molecule has 0 aliphatic carbocycles. The molecule has 0 nitrogen and oxygen atoms in total. The summed E-state index contributed by atoms with van der Waals surface area (Å²) in [7, 11) is 0. The maximum atomic E-state index is 13.8. The molecule has 2 aromatic rings. The Hall–Kier alpha value is -0.830. The minimum Gasteiger partial charge on any atom is -0.205 e. The van der Waals surface area contributed by atoms with Gasteiger partial charge in [-0.05, 0) is 18.2 Å². The third kappa shape index (κ3) is 2.25. The van der Waals surface area contributed by atoms with Gasteiger partial charge in [-0.25, -0.2) is 8.78 Å². The highest BCUT2D eigenvalue weighted by molar-refractivity contribution is 6.43. The van der Waals surface area contributed by atoms with Crippen molar-refractivity contribution in [2.24, 2.45) is 0 Å². The molecule has 2 aromatic carbocycles. The topological polar surface area (TPSA) is 0 Å². The fourth-order valence-electron chi connectivity index (χ4n) is 1.45. The first-order valence-electron chi connectivity index (χ1n) is 4.60. The molecule has 0 amide bonds. The highest BCUT2D eigenvalue weighted by Gasteiger charge is 2.16. The molecule has 17 heavy (non-hydrogen) atoms. The average Bonchev–Trinajstić information content (AvgIpc) is 2.31. The number of benzene rings is 2. The van der Waals surface area contributed by atoms with Gasteiger partial charge < -0.3 is 0 Å². The first-order chi connectivity index (χ1) is 8.02. The van der Waals surface area contributed by atoms with Gasteiger partial charge >= 0.3 is 0 Å². The summed E-state index contributed by atoms with van der Waals surface area (Å²) < 4.78 is 26.8. The minimum atomic E-state index is -0.851.